The summed E-state index contributed by atoms with van der Waals surface area (Å²) in [5, 5.41) is 9.05. The van der Waals surface area contributed by atoms with Crippen molar-refractivity contribution in [2.24, 2.45) is 5.92 Å². The highest BCUT2D eigenvalue weighted by atomic mass is 127. The number of halogens is 1. The molecule has 0 spiro atoms. The van der Waals surface area contributed by atoms with E-state index in [0.717, 1.165) is 15.9 Å². The van der Waals surface area contributed by atoms with Gasteiger partial charge < -0.3 is 9.67 Å². The summed E-state index contributed by atoms with van der Waals surface area (Å²) in [6.45, 7) is 2.10. The number of carboxylic acid groups (broad SMARTS) is 1. The van der Waals surface area contributed by atoms with Crippen molar-refractivity contribution in [2.45, 2.75) is 32.2 Å². The van der Waals surface area contributed by atoms with E-state index in [4.69, 9.17) is 5.11 Å². The SMILES string of the molecule is CC(CC1CC1)n1cc(I)cc1C(=O)O. The van der Waals surface area contributed by atoms with Crippen LogP contribution in [0.1, 0.15) is 42.7 Å². The van der Waals surface area contributed by atoms with Gasteiger partial charge in [0.25, 0.3) is 0 Å². The molecule has 1 heterocycles. The van der Waals surface area contributed by atoms with Crippen molar-refractivity contribution in [3.8, 4) is 0 Å². The van der Waals surface area contributed by atoms with Crippen molar-refractivity contribution in [1.82, 2.24) is 4.57 Å². The topological polar surface area (TPSA) is 42.2 Å². The van der Waals surface area contributed by atoms with Crippen molar-refractivity contribution >= 4 is 28.6 Å². The standard InChI is InChI=1S/C11H14INO2/c1-7(4-8-2-3-8)13-6-9(12)5-10(13)11(14)15/h5-8H,2-4H2,1H3,(H,14,15). The van der Waals surface area contributed by atoms with Crippen LogP contribution < -0.4 is 0 Å². The highest BCUT2D eigenvalue weighted by molar-refractivity contribution is 14.1. The molecule has 2 rings (SSSR count). The first kappa shape index (κ1) is 11.0. The number of carboxylic acids is 1. The van der Waals surface area contributed by atoms with Gasteiger partial charge in [0.1, 0.15) is 5.69 Å². The van der Waals surface area contributed by atoms with Crippen LogP contribution in [-0.4, -0.2) is 15.6 Å². The van der Waals surface area contributed by atoms with Crippen LogP contribution in [0.25, 0.3) is 0 Å². The van der Waals surface area contributed by atoms with E-state index in [1.54, 1.807) is 6.07 Å². The summed E-state index contributed by atoms with van der Waals surface area (Å²) in [4.78, 5) is 11.0. The van der Waals surface area contributed by atoms with Crippen LogP contribution in [-0.2, 0) is 0 Å². The van der Waals surface area contributed by atoms with E-state index in [1.807, 2.05) is 10.8 Å². The lowest BCUT2D eigenvalue weighted by atomic mass is 10.1. The van der Waals surface area contributed by atoms with Crippen LogP contribution in [0.5, 0.6) is 0 Å². The highest BCUT2D eigenvalue weighted by Crippen LogP contribution is 2.37. The predicted octanol–water partition coefficient (Wildman–Crippen LogP) is 3.15. The lowest BCUT2D eigenvalue weighted by Crippen LogP contribution is -2.12. The molecule has 1 atom stereocenters. The second-order valence-electron chi connectivity index (χ2n) is 4.28. The molecule has 0 radical (unpaired) electrons. The highest BCUT2D eigenvalue weighted by Gasteiger charge is 2.25. The summed E-state index contributed by atoms with van der Waals surface area (Å²) in [5.74, 6) is -0.0118. The third-order valence-electron chi connectivity index (χ3n) is 2.88. The molecular weight excluding hydrogens is 305 g/mol. The Morgan fingerprint density at radius 1 is 1.73 bits per heavy atom. The smallest absolute Gasteiger partial charge is 0.352 e. The summed E-state index contributed by atoms with van der Waals surface area (Å²) >= 11 is 2.16. The number of nitrogens with zero attached hydrogens (tertiary/aromatic N) is 1. The monoisotopic (exact) mass is 319 g/mol. The zero-order valence-electron chi connectivity index (χ0n) is 8.61. The summed E-state index contributed by atoms with van der Waals surface area (Å²) in [6, 6.07) is 2.03. The van der Waals surface area contributed by atoms with Gasteiger partial charge in [-0.1, -0.05) is 12.8 Å². The fraction of sp³-hybridized carbons (Fsp3) is 0.545. The fourth-order valence-electron chi connectivity index (χ4n) is 1.93. The van der Waals surface area contributed by atoms with Gasteiger partial charge in [0.15, 0.2) is 0 Å². The summed E-state index contributed by atoms with van der Waals surface area (Å²) < 4.78 is 2.88. The average molecular weight is 319 g/mol. The minimum Gasteiger partial charge on any atom is -0.477 e. The second-order valence-corrected chi connectivity index (χ2v) is 5.53. The Kier molecular flexibility index (Phi) is 3.04. The first-order chi connectivity index (χ1) is 7.08. The number of aromatic nitrogens is 1. The van der Waals surface area contributed by atoms with Crippen molar-refractivity contribution < 1.29 is 9.90 Å². The van der Waals surface area contributed by atoms with Crippen LogP contribution >= 0.6 is 22.6 Å². The number of carbonyl (C=O) groups is 1. The molecule has 3 nitrogen and oxygen atoms in total. The molecule has 82 valence electrons. The van der Waals surface area contributed by atoms with Gasteiger partial charge in [0.05, 0.1) is 0 Å². The Morgan fingerprint density at radius 2 is 2.40 bits per heavy atom. The zero-order valence-corrected chi connectivity index (χ0v) is 10.8. The molecule has 1 aromatic rings. The molecule has 0 bridgehead atoms. The van der Waals surface area contributed by atoms with Gasteiger partial charge in [-0.2, -0.15) is 0 Å². The quantitative estimate of drug-likeness (QED) is 0.866. The molecule has 15 heavy (non-hydrogen) atoms. The summed E-state index contributed by atoms with van der Waals surface area (Å²) in [6.07, 6.45) is 5.65. The molecule has 1 saturated carbocycles. The minimum atomic E-state index is -0.833. The maximum Gasteiger partial charge on any atom is 0.352 e. The molecule has 1 N–H and O–H groups in total. The van der Waals surface area contributed by atoms with Gasteiger partial charge in [0.2, 0.25) is 0 Å². The van der Waals surface area contributed by atoms with E-state index in [9.17, 15) is 4.79 Å². The normalized spacial score (nSPS) is 17.7. The first-order valence-corrected chi connectivity index (χ1v) is 6.26. The molecule has 1 aliphatic rings. The molecule has 1 aromatic heterocycles. The van der Waals surface area contributed by atoms with Gasteiger partial charge in [0, 0.05) is 15.8 Å². The van der Waals surface area contributed by atoms with Crippen molar-refractivity contribution in [3.05, 3.63) is 21.5 Å². The Labute approximate surface area is 103 Å². The average Bonchev–Trinajstić information content (AvgIpc) is 2.86. The van der Waals surface area contributed by atoms with E-state index in [1.165, 1.54) is 12.8 Å². The largest absolute Gasteiger partial charge is 0.477 e. The second kappa shape index (κ2) is 4.15. The van der Waals surface area contributed by atoms with Crippen molar-refractivity contribution in [1.29, 1.82) is 0 Å². The zero-order chi connectivity index (χ0) is 11.0. The molecular formula is C11H14INO2. The molecule has 1 aliphatic carbocycles. The Balaban J connectivity index is 2.20. The predicted molar refractivity (Wildman–Crippen MR) is 66.2 cm³/mol. The lowest BCUT2D eigenvalue weighted by molar-refractivity contribution is 0.0682. The summed E-state index contributed by atoms with van der Waals surface area (Å²) in [5.41, 5.74) is 0.410. The maximum atomic E-state index is 11.0. The van der Waals surface area contributed by atoms with Crippen LogP contribution in [0.15, 0.2) is 12.3 Å². The third kappa shape index (κ3) is 2.53. The van der Waals surface area contributed by atoms with Crippen LogP contribution in [0.4, 0.5) is 0 Å². The van der Waals surface area contributed by atoms with Gasteiger partial charge in [-0.15, -0.1) is 0 Å². The molecule has 0 amide bonds. The fourth-order valence-corrected chi connectivity index (χ4v) is 2.53. The number of rotatable bonds is 4. The molecule has 4 heteroatoms. The number of hydrogen-bond donors (Lipinski definition) is 1. The van der Waals surface area contributed by atoms with Crippen molar-refractivity contribution in [3.63, 3.8) is 0 Å². The lowest BCUT2D eigenvalue weighted by Gasteiger charge is -2.15. The van der Waals surface area contributed by atoms with Gasteiger partial charge in [-0.25, -0.2) is 4.79 Å². The van der Waals surface area contributed by atoms with Gasteiger partial charge in [-0.3, -0.25) is 0 Å². The minimum absolute atomic E-state index is 0.298. The van der Waals surface area contributed by atoms with Crippen LogP contribution in [0.3, 0.4) is 0 Å². The van der Waals surface area contributed by atoms with E-state index in [-0.39, 0.29) is 0 Å². The Morgan fingerprint density at radius 3 is 2.93 bits per heavy atom. The van der Waals surface area contributed by atoms with E-state index in [0.29, 0.717) is 11.7 Å². The van der Waals surface area contributed by atoms with E-state index in [2.05, 4.69) is 29.5 Å². The molecule has 0 saturated heterocycles. The van der Waals surface area contributed by atoms with Crippen molar-refractivity contribution in [2.75, 3.05) is 0 Å². The summed E-state index contributed by atoms with van der Waals surface area (Å²) in [7, 11) is 0. The van der Waals surface area contributed by atoms with Gasteiger partial charge >= 0.3 is 5.97 Å². The molecule has 0 aromatic carbocycles. The Bertz CT molecular complexity index is 382. The molecule has 1 unspecified atom stereocenters. The first-order valence-electron chi connectivity index (χ1n) is 5.18. The molecule has 0 aliphatic heterocycles. The van der Waals surface area contributed by atoms with Gasteiger partial charge in [-0.05, 0) is 47.9 Å². The number of hydrogen-bond acceptors (Lipinski definition) is 1. The van der Waals surface area contributed by atoms with E-state index < -0.39 is 5.97 Å². The number of aromatic carboxylic acids is 1. The third-order valence-corrected chi connectivity index (χ3v) is 3.47. The maximum absolute atomic E-state index is 11.0. The Hall–Kier alpha value is -0.520. The molecule has 1 fully saturated rings. The van der Waals surface area contributed by atoms with Crippen LogP contribution in [0, 0.1) is 9.49 Å². The van der Waals surface area contributed by atoms with Crippen LogP contribution in [0.2, 0.25) is 0 Å². The van der Waals surface area contributed by atoms with E-state index >= 15 is 0 Å².